The fraction of sp³-hybridized carbons (Fsp3) is 0.595. The van der Waals surface area contributed by atoms with Gasteiger partial charge in [0.05, 0.1) is 18.6 Å². The van der Waals surface area contributed by atoms with E-state index in [1.807, 2.05) is 32.9 Å². The molecule has 294 valence electrons. The second kappa shape index (κ2) is 20.3. The minimum atomic E-state index is -4.21. The number of rotatable bonds is 19. The summed E-state index contributed by atoms with van der Waals surface area (Å²) >= 11 is 0. The van der Waals surface area contributed by atoms with Crippen LogP contribution in [-0.2, 0) is 46.7 Å². The molecule has 1 aliphatic rings. The SMILES string of the molecule is COC(=O)[C@H](CNC(=O)CCCCCc1ccc2c(n1)N(C(=O)OC(C)(C)C)CCC2)NS(=O)(=O)c1c(C)cc(OCCCC(=O)NCCN)cc1C. The molecule has 15 nitrogen and oxygen atoms in total. The van der Waals surface area contributed by atoms with E-state index in [0.717, 1.165) is 44.1 Å². The molecular weight excluding hydrogens is 705 g/mol. The molecule has 1 aliphatic heterocycles. The van der Waals surface area contributed by atoms with E-state index in [1.165, 1.54) is 0 Å². The summed E-state index contributed by atoms with van der Waals surface area (Å²) in [4.78, 5) is 56.1. The first-order valence-corrected chi connectivity index (χ1v) is 19.6. The summed E-state index contributed by atoms with van der Waals surface area (Å²) < 4.78 is 45.5. The molecule has 53 heavy (non-hydrogen) atoms. The lowest BCUT2D eigenvalue weighted by atomic mass is 10.0. The molecule has 0 radical (unpaired) electrons. The van der Waals surface area contributed by atoms with Crippen LogP contribution >= 0.6 is 0 Å². The first-order chi connectivity index (χ1) is 25.0. The Hall–Kier alpha value is -4.28. The molecule has 0 spiro atoms. The summed E-state index contributed by atoms with van der Waals surface area (Å²) in [6.45, 7) is 10.0. The maximum atomic E-state index is 13.5. The third kappa shape index (κ3) is 13.9. The van der Waals surface area contributed by atoms with E-state index in [2.05, 4.69) is 15.4 Å². The number of nitrogens with two attached hydrogens (primary N) is 1. The molecule has 1 aromatic heterocycles. The van der Waals surface area contributed by atoms with Gasteiger partial charge in [0.15, 0.2) is 0 Å². The quantitative estimate of drug-likeness (QED) is 0.121. The fourth-order valence-corrected chi connectivity index (χ4v) is 7.53. The van der Waals surface area contributed by atoms with Crippen molar-refractivity contribution in [3.8, 4) is 5.75 Å². The van der Waals surface area contributed by atoms with E-state index in [4.69, 9.17) is 24.9 Å². The number of ether oxygens (including phenoxy) is 3. The number of carbonyl (C=O) groups excluding carboxylic acids is 4. The average Bonchev–Trinajstić information content (AvgIpc) is 3.08. The fourth-order valence-electron chi connectivity index (χ4n) is 5.89. The van der Waals surface area contributed by atoms with Crippen LogP contribution in [0.25, 0.3) is 0 Å². The van der Waals surface area contributed by atoms with Crippen LogP contribution in [0.4, 0.5) is 10.6 Å². The van der Waals surface area contributed by atoms with E-state index < -0.39 is 33.7 Å². The number of esters is 1. The average molecular weight is 761 g/mol. The maximum absolute atomic E-state index is 13.5. The van der Waals surface area contributed by atoms with Crippen LogP contribution in [-0.4, -0.2) is 88.8 Å². The summed E-state index contributed by atoms with van der Waals surface area (Å²) in [5.41, 5.74) is 7.43. The van der Waals surface area contributed by atoms with Gasteiger partial charge in [0.25, 0.3) is 0 Å². The van der Waals surface area contributed by atoms with Crippen molar-refractivity contribution in [2.24, 2.45) is 5.73 Å². The number of aryl methyl sites for hydroxylation is 4. The number of unbranched alkanes of at least 4 members (excludes halogenated alkanes) is 2. The lowest BCUT2D eigenvalue weighted by Gasteiger charge is -2.31. The first kappa shape index (κ1) is 43.1. The van der Waals surface area contributed by atoms with Gasteiger partial charge >= 0.3 is 12.1 Å². The number of carbonyl (C=O) groups is 4. The molecule has 0 bridgehead atoms. The molecule has 1 aromatic carbocycles. The molecule has 0 saturated carbocycles. The van der Waals surface area contributed by atoms with Crippen molar-refractivity contribution < 1.29 is 41.8 Å². The number of nitrogens with zero attached hydrogens (tertiary/aromatic N) is 2. The number of benzene rings is 1. The molecule has 0 saturated heterocycles. The van der Waals surface area contributed by atoms with Gasteiger partial charge in [-0.3, -0.25) is 19.3 Å². The van der Waals surface area contributed by atoms with Crippen molar-refractivity contribution in [1.29, 1.82) is 0 Å². The Labute approximate surface area is 313 Å². The van der Waals surface area contributed by atoms with E-state index in [1.54, 1.807) is 30.9 Å². The van der Waals surface area contributed by atoms with Gasteiger partial charge in [-0.2, -0.15) is 4.72 Å². The highest BCUT2D eigenvalue weighted by Gasteiger charge is 2.30. The van der Waals surface area contributed by atoms with E-state index in [0.29, 0.717) is 61.6 Å². The number of fused-ring (bicyclic) bond motifs is 1. The van der Waals surface area contributed by atoms with Gasteiger partial charge in [-0.05, 0) is 108 Å². The molecule has 2 heterocycles. The Morgan fingerprint density at radius 3 is 2.32 bits per heavy atom. The van der Waals surface area contributed by atoms with Gasteiger partial charge in [-0.1, -0.05) is 12.5 Å². The Kier molecular flexibility index (Phi) is 16.5. The van der Waals surface area contributed by atoms with Gasteiger partial charge in [-0.25, -0.2) is 18.2 Å². The number of nitrogens with one attached hydrogen (secondary N) is 3. The molecule has 2 aromatic rings. The molecular formula is C37H56N6O9S. The van der Waals surface area contributed by atoms with Crippen molar-refractivity contribution in [3.63, 3.8) is 0 Å². The number of hydrogen-bond acceptors (Lipinski definition) is 11. The summed E-state index contributed by atoms with van der Waals surface area (Å²) in [7, 11) is -3.07. The third-order valence-electron chi connectivity index (χ3n) is 8.32. The zero-order valence-corrected chi connectivity index (χ0v) is 32.7. The minimum absolute atomic E-state index is 0.0165. The maximum Gasteiger partial charge on any atom is 0.416 e. The molecule has 5 N–H and O–H groups in total. The number of pyridine rings is 1. The van der Waals surface area contributed by atoms with Crippen molar-refractivity contribution in [1.82, 2.24) is 20.3 Å². The molecule has 3 amide bonds. The normalized spacial score (nSPS) is 13.5. The number of aromatic nitrogens is 1. The van der Waals surface area contributed by atoms with Crippen LogP contribution < -0.4 is 30.7 Å². The minimum Gasteiger partial charge on any atom is -0.494 e. The van der Waals surface area contributed by atoms with E-state index in [-0.39, 0.29) is 42.7 Å². The summed E-state index contributed by atoms with van der Waals surface area (Å²) in [5, 5.41) is 5.34. The lowest BCUT2D eigenvalue weighted by molar-refractivity contribution is -0.142. The topological polar surface area (TPSA) is 208 Å². The van der Waals surface area contributed by atoms with Crippen LogP contribution in [0.1, 0.15) is 88.1 Å². The predicted octanol–water partition coefficient (Wildman–Crippen LogP) is 3.36. The van der Waals surface area contributed by atoms with Crippen molar-refractivity contribution in [2.75, 3.05) is 44.8 Å². The summed E-state index contributed by atoms with van der Waals surface area (Å²) in [6.07, 6.45) is 4.94. The van der Waals surface area contributed by atoms with Crippen LogP contribution in [0.3, 0.4) is 0 Å². The number of anilines is 1. The first-order valence-electron chi connectivity index (χ1n) is 18.1. The second-order valence-corrected chi connectivity index (χ2v) is 15.7. The monoisotopic (exact) mass is 760 g/mol. The molecule has 16 heteroatoms. The van der Waals surface area contributed by atoms with Crippen LogP contribution in [0.15, 0.2) is 29.2 Å². The highest BCUT2D eigenvalue weighted by atomic mass is 32.2. The standard InChI is InChI=1S/C37H56N6O9S/c1-25-22-29(51-21-11-15-31(44)39-19-18-38)23-26(2)33(25)53(48,49)42-30(35(46)50-6)24-40-32(45)14-9-7-8-13-28-17-16-27-12-10-20-43(34(27)41-28)36(47)52-37(3,4)5/h16-17,22-23,30,42H,7-15,18-21,24,38H2,1-6H3,(H,39,44)(H,40,45)/t30-/m0/s1. The van der Waals surface area contributed by atoms with Crippen molar-refractivity contribution in [2.45, 2.75) is 109 Å². The molecule has 0 unspecified atom stereocenters. The van der Waals surface area contributed by atoms with Crippen LogP contribution in [0, 0.1) is 13.8 Å². The van der Waals surface area contributed by atoms with E-state index in [9.17, 15) is 27.6 Å². The molecule has 0 fully saturated rings. The van der Waals surface area contributed by atoms with Gasteiger partial charge < -0.3 is 30.6 Å². The smallest absolute Gasteiger partial charge is 0.416 e. The molecule has 0 aliphatic carbocycles. The summed E-state index contributed by atoms with van der Waals surface area (Å²) in [5.74, 6) is -0.211. The van der Waals surface area contributed by atoms with Gasteiger partial charge in [0.2, 0.25) is 21.8 Å². The zero-order valence-electron chi connectivity index (χ0n) is 31.8. The molecule has 1 atom stereocenters. The number of hydrogen-bond donors (Lipinski definition) is 4. The Balaban J connectivity index is 1.48. The highest BCUT2D eigenvalue weighted by Crippen LogP contribution is 2.28. The van der Waals surface area contributed by atoms with Crippen LogP contribution in [0.5, 0.6) is 5.75 Å². The summed E-state index contributed by atoms with van der Waals surface area (Å²) in [6, 6.07) is 5.78. The van der Waals surface area contributed by atoms with Crippen LogP contribution in [0.2, 0.25) is 0 Å². The van der Waals surface area contributed by atoms with Gasteiger partial charge in [-0.15, -0.1) is 0 Å². The number of amides is 3. The Morgan fingerprint density at radius 1 is 0.981 bits per heavy atom. The third-order valence-corrected chi connectivity index (χ3v) is 10.1. The van der Waals surface area contributed by atoms with Crippen molar-refractivity contribution >= 4 is 39.7 Å². The molecule has 3 rings (SSSR count). The second-order valence-electron chi connectivity index (χ2n) is 14.1. The number of methoxy groups -OCH3 is 1. The Morgan fingerprint density at radius 2 is 1.66 bits per heavy atom. The van der Waals surface area contributed by atoms with Gasteiger partial charge in [0.1, 0.15) is 23.2 Å². The zero-order chi connectivity index (χ0) is 39.2. The lowest BCUT2D eigenvalue weighted by Crippen LogP contribution is -2.49. The highest BCUT2D eigenvalue weighted by molar-refractivity contribution is 7.89. The van der Waals surface area contributed by atoms with Crippen molar-refractivity contribution in [3.05, 3.63) is 46.6 Å². The Bertz CT molecular complexity index is 1670. The van der Waals surface area contributed by atoms with Gasteiger partial charge in [0, 0.05) is 44.7 Å². The largest absolute Gasteiger partial charge is 0.494 e. The predicted molar refractivity (Wildman–Crippen MR) is 200 cm³/mol. The number of sulfonamides is 1. The van der Waals surface area contributed by atoms with E-state index >= 15 is 0 Å².